The minimum absolute atomic E-state index is 0.0500. The number of hydrogen-bond acceptors (Lipinski definition) is 4. The highest BCUT2D eigenvalue weighted by atomic mass is 32.1. The lowest BCUT2D eigenvalue weighted by atomic mass is 10.1. The smallest absolute Gasteiger partial charge is 0.263 e. The summed E-state index contributed by atoms with van der Waals surface area (Å²) in [5.41, 5.74) is 3.14. The van der Waals surface area contributed by atoms with Gasteiger partial charge in [-0.15, -0.1) is 11.3 Å². The Morgan fingerprint density at radius 1 is 1.29 bits per heavy atom. The summed E-state index contributed by atoms with van der Waals surface area (Å²) < 4.78 is 5.47. The van der Waals surface area contributed by atoms with Gasteiger partial charge in [0.25, 0.3) is 5.91 Å². The number of nitrogens with one attached hydrogen (secondary N) is 1. The zero-order valence-electron chi connectivity index (χ0n) is 14.9. The van der Waals surface area contributed by atoms with E-state index in [1.807, 2.05) is 20.8 Å². The summed E-state index contributed by atoms with van der Waals surface area (Å²) in [5.74, 6) is -0.0500. The molecule has 5 heteroatoms. The van der Waals surface area contributed by atoms with Crippen LogP contribution in [0.5, 0.6) is 0 Å². The first kappa shape index (κ1) is 18.6. The van der Waals surface area contributed by atoms with E-state index in [2.05, 4.69) is 41.5 Å². The fourth-order valence-electron chi connectivity index (χ4n) is 2.29. The van der Waals surface area contributed by atoms with E-state index in [0.29, 0.717) is 18.0 Å². The first-order chi connectivity index (χ1) is 11.5. The van der Waals surface area contributed by atoms with Crippen LogP contribution in [-0.4, -0.2) is 30.1 Å². The van der Waals surface area contributed by atoms with E-state index >= 15 is 0 Å². The number of rotatable bonds is 8. The number of thiazole rings is 1. The predicted molar refractivity (Wildman–Crippen MR) is 99.7 cm³/mol. The first-order valence-corrected chi connectivity index (χ1v) is 9.29. The van der Waals surface area contributed by atoms with Crippen molar-refractivity contribution in [1.82, 2.24) is 10.3 Å². The number of aryl methyl sites for hydroxylation is 2. The van der Waals surface area contributed by atoms with E-state index in [0.717, 1.165) is 29.1 Å². The van der Waals surface area contributed by atoms with Crippen LogP contribution in [-0.2, 0) is 11.2 Å². The molecule has 0 saturated carbocycles. The van der Waals surface area contributed by atoms with E-state index in [4.69, 9.17) is 4.74 Å². The van der Waals surface area contributed by atoms with Crippen molar-refractivity contribution in [2.75, 3.05) is 13.2 Å². The van der Waals surface area contributed by atoms with Crippen LogP contribution < -0.4 is 5.32 Å². The van der Waals surface area contributed by atoms with Gasteiger partial charge in [0.05, 0.1) is 11.8 Å². The molecule has 130 valence electrons. The second-order valence-electron chi connectivity index (χ2n) is 6.01. The van der Waals surface area contributed by atoms with Crippen molar-refractivity contribution in [3.63, 3.8) is 0 Å². The Morgan fingerprint density at radius 3 is 2.62 bits per heavy atom. The second-order valence-corrected chi connectivity index (χ2v) is 7.01. The van der Waals surface area contributed by atoms with Crippen molar-refractivity contribution in [2.45, 2.75) is 46.6 Å². The van der Waals surface area contributed by atoms with Crippen molar-refractivity contribution in [3.8, 4) is 10.6 Å². The van der Waals surface area contributed by atoms with Gasteiger partial charge in [0.1, 0.15) is 9.88 Å². The number of carbonyl (C=O) groups is 1. The number of nitrogens with zero attached hydrogens (tertiary/aromatic N) is 1. The summed E-state index contributed by atoms with van der Waals surface area (Å²) in [6.07, 6.45) is 2.06. The number of aromatic nitrogens is 1. The number of ether oxygens (including phenoxy) is 1. The summed E-state index contributed by atoms with van der Waals surface area (Å²) in [6, 6.07) is 8.37. The van der Waals surface area contributed by atoms with Crippen molar-refractivity contribution < 1.29 is 9.53 Å². The lowest BCUT2D eigenvalue weighted by molar-refractivity contribution is 0.0757. The highest BCUT2D eigenvalue weighted by Gasteiger charge is 2.15. The molecule has 0 spiro atoms. The van der Waals surface area contributed by atoms with Crippen LogP contribution in [0.3, 0.4) is 0 Å². The average Bonchev–Trinajstić information content (AvgIpc) is 2.96. The Labute approximate surface area is 148 Å². The second kappa shape index (κ2) is 8.94. The Hall–Kier alpha value is -1.72. The molecule has 0 saturated heterocycles. The van der Waals surface area contributed by atoms with Crippen LogP contribution in [0.2, 0.25) is 0 Å². The van der Waals surface area contributed by atoms with Crippen molar-refractivity contribution in [3.05, 3.63) is 40.4 Å². The van der Waals surface area contributed by atoms with Gasteiger partial charge in [0, 0.05) is 18.7 Å². The van der Waals surface area contributed by atoms with Gasteiger partial charge in [-0.1, -0.05) is 31.2 Å². The first-order valence-electron chi connectivity index (χ1n) is 8.47. The molecule has 0 radical (unpaired) electrons. The molecule has 0 fully saturated rings. The van der Waals surface area contributed by atoms with Crippen LogP contribution in [0.15, 0.2) is 24.3 Å². The number of benzene rings is 1. The topological polar surface area (TPSA) is 51.2 Å². The van der Waals surface area contributed by atoms with Crippen LogP contribution >= 0.6 is 11.3 Å². The molecule has 2 rings (SSSR count). The third-order valence-electron chi connectivity index (χ3n) is 3.67. The highest BCUT2D eigenvalue weighted by molar-refractivity contribution is 7.17. The Morgan fingerprint density at radius 2 is 2.00 bits per heavy atom. The van der Waals surface area contributed by atoms with Gasteiger partial charge in [0.2, 0.25) is 0 Å². The highest BCUT2D eigenvalue weighted by Crippen LogP contribution is 2.28. The zero-order chi connectivity index (χ0) is 17.5. The van der Waals surface area contributed by atoms with Crippen LogP contribution in [0.1, 0.15) is 48.1 Å². The van der Waals surface area contributed by atoms with Gasteiger partial charge in [-0.25, -0.2) is 4.98 Å². The SMILES string of the molecule is CCc1ccc(-c2nc(C)c(C(=O)NCCCOC(C)C)s2)cc1. The van der Waals surface area contributed by atoms with Crippen LogP contribution in [0.25, 0.3) is 10.6 Å². The fraction of sp³-hybridized carbons (Fsp3) is 0.474. The summed E-state index contributed by atoms with van der Waals surface area (Å²) in [7, 11) is 0. The monoisotopic (exact) mass is 346 g/mol. The van der Waals surface area contributed by atoms with E-state index in [9.17, 15) is 4.79 Å². The van der Waals surface area contributed by atoms with E-state index < -0.39 is 0 Å². The number of carbonyl (C=O) groups excluding carboxylic acids is 1. The molecule has 1 N–H and O–H groups in total. The normalized spacial score (nSPS) is 11.0. The van der Waals surface area contributed by atoms with Crippen molar-refractivity contribution >= 4 is 17.2 Å². The third-order valence-corrected chi connectivity index (χ3v) is 4.88. The molecule has 24 heavy (non-hydrogen) atoms. The molecule has 1 amide bonds. The maximum absolute atomic E-state index is 12.3. The third kappa shape index (κ3) is 5.14. The molecule has 4 nitrogen and oxygen atoms in total. The molecule has 0 aliphatic heterocycles. The van der Waals surface area contributed by atoms with Gasteiger partial charge < -0.3 is 10.1 Å². The average molecular weight is 346 g/mol. The molecule has 0 aliphatic rings. The van der Waals surface area contributed by atoms with Gasteiger partial charge >= 0.3 is 0 Å². The maximum Gasteiger partial charge on any atom is 0.263 e. The number of hydrogen-bond donors (Lipinski definition) is 1. The standard InChI is InChI=1S/C19H26N2O2S/c1-5-15-7-9-16(10-8-15)19-21-14(4)17(24-19)18(22)20-11-6-12-23-13(2)3/h7-10,13H,5-6,11-12H2,1-4H3,(H,20,22). The van der Waals surface area contributed by atoms with Crippen molar-refractivity contribution in [2.24, 2.45) is 0 Å². The molecule has 2 aromatic rings. The Balaban J connectivity index is 1.96. The van der Waals surface area contributed by atoms with Crippen molar-refractivity contribution in [1.29, 1.82) is 0 Å². The molecule has 1 heterocycles. The quantitative estimate of drug-likeness (QED) is 0.728. The molecule has 0 bridgehead atoms. The van der Waals surface area contributed by atoms with Gasteiger partial charge in [-0.2, -0.15) is 0 Å². The summed E-state index contributed by atoms with van der Waals surface area (Å²) in [5, 5.41) is 3.84. The summed E-state index contributed by atoms with van der Waals surface area (Å²) in [6.45, 7) is 9.31. The molecule has 1 aromatic heterocycles. The fourth-order valence-corrected chi connectivity index (χ4v) is 3.28. The minimum atomic E-state index is -0.0500. The van der Waals surface area contributed by atoms with Gasteiger partial charge in [-0.3, -0.25) is 4.79 Å². The van der Waals surface area contributed by atoms with E-state index in [-0.39, 0.29) is 12.0 Å². The molecule has 1 aromatic carbocycles. The van der Waals surface area contributed by atoms with Crippen LogP contribution in [0, 0.1) is 6.92 Å². The maximum atomic E-state index is 12.3. The van der Waals surface area contributed by atoms with Crippen LogP contribution in [0.4, 0.5) is 0 Å². The summed E-state index contributed by atoms with van der Waals surface area (Å²) in [4.78, 5) is 17.6. The summed E-state index contributed by atoms with van der Waals surface area (Å²) >= 11 is 1.45. The van der Waals surface area contributed by atoms with E-state index in [1.54, 1.807) is 0 Å². The predicted octanol–water partition coefficient (Wildman–Crippen LogP) is 4.23. The largest absolute Gasteiger partial charge is 0.379 e. The molecule has 0 atom stereocenters. The lowest BCUT2D eigenvalue weighted by Crippen LogP contribution is -2.25. The Bertz CT molecular complexity index is 663. The molecular weight excluding hydrogens is 320 g/mol. The van der Waals surface area contributed by atoms with E-state index in [1.165, 1.54) is 16.9 Å². The van der Waals surface area contributed by atoms with Gasteiger partial charge in [0.15, 0.2) is 0 Å². The molecule has 0 unspecified atom stereocenters. The number of amides is 1. The molecule has 0 aliphatic carbocycles. The molecular formula is C19H26N2O2S. The lowest BCUT2D eigenvalue weighted by Gasteiger charge is -2.07. The Kier molecular flexibility index (Phi) is 6.94. The van der Waals surface area contributed by atoms with Gasteiger partial charge in [-0.05, 0) is 39.2 Å². The zero-order valence-corrected chi connectivity index (χ0v) is 15.7. The minimum Gasteiger partial charge on any atom is -0.379 e.